The average Bonchev–Trinajstić information content (AvgIpc) is 3.35. The first-order valence-corrected chi connectivity index (χ1v) is 10.7. The Balaban J connectivity index is 1.35. The molecule has 0 saturated heterocycles. The lowest BCUT2D eigenvalue weighted by Crippen LogP contribution is -2.50. The SMILES string of the molecule is CN=C(NCC1(Sc2ccccc2)CCCC1)NC1CCc2ncnn2C1. The van der Waals surface area contributed by atoms with Crippen LogP contribution >= 0.6 is 11.8 Å². The van der Waals surface area contributed by atoms with Gasteiger partial charge in [-0.3, -0.25) is 4.99 Å². The topological polar surface area (TPSA) is 67.1 Å². The van der Waals surface area contributed by atoms with Crippen LogP contribution in [0.25, 0.3) is 0 Å². The predicted octanol–water partition coefficient (Wildman–Crippen LogP) is 2.86. The second-order valence-corrected chi connectivity index (χ2v) is 9.01. The van der Waals surface area contributed by atoms with Crippen LogP contribution in [0.5, 0.6) is 0 Å². The molecule has 1 aromatic carbocycles. The molecule has 1 fully saturated rings. The highest BCUT2D eigenvalue weighted by atomic mass is 32.2. The molecule has 1 saturated carbocycles. The number of aryl methyl sites for hydroxylation is 1. The quantitative estimate of drug-likeness (QED) is 0.613. The summed E-state index contributed by atoms with van der Waals surface area (Å²) in [6.07, 6.45) is 8.79. The van der Waals surface area contributed by atoms with Crippen molar-refractivity contribution in [3.63, 3.8) is 0 Å². The van der Waals surface area contributed by atoms with Crippen molar-refractivity contribution < 1.29 is 0 Å². The maximum Gasteiger partial charge on any atom is 0.191 e. The Labute approximate surface area is 165 Å². The largest absolute Gasteiger partial charge is 0.355 e. The second-order valence-electron chi connectivity index (χ2n) is 7.47. The molecule has 4 rings (SSSR count). The van der Waals surface area contributed by atoms with Gasteiger partial charge in [-0.25, -0.2) is 9.67 Å². The van der Waals surface area contributed by atoms with E-state index >= 15 is 0 Å². The van der Waals surface area contributed by atoms with Crippen molar-refractivity contribution in [3.05, 3.63) is 42.5 Å². The lowest BCUT2D eigenvalue weighted by atomic mass is 10.1. The molecule has 1 aliphatic carbocycles. The van der Waals surface area contributed by atoms with E-state index in [1.165, 1.54) is 30.6 Å². The molecule has 2 aliphatic rings. The molecule has 0 bridgehead atoms. The summed E-state index contributed by atoms with van der Waals surface area (Å²) >= 11 is 2.02. The Kier molecular flexibility index (Phi) is 5.66. The van der Waals surface area contributed by atoms with Crippen LogP contribution in [0, 0.1) is 0 Å². The molecule has 6 nitrogen and oxygen atoms in total. The van der Waals surface area contributed by atoms with Crippen LogP contribution in [0.15, 0.2) is 46.5 Å². The number of nitrogens with zero attached hydrogens (tertiary/aromatic N) is 4. The van der Waals surface area contributed by atoms with E-state index in [1.807, 2.05) is 23.5 Å². The molecule has 0 spiro atoms. The number of rotatable bonds is 5. The first-order chi connectivity index (χ1) is 13.3. The van der Waals surface area contributed by atoms with Gasteiger partial charge in [-0.15, -0.1) is 11.8 Å². The van der Waals surface area contributed by atoms with Crippen molar-refractivity contribution in [2.45, 2.75) is 60.8 Å². The molecule has 0 amide bonds. The Morgan fingerprint density at radius 3 is 2.89 bits per heavy atom. The van der Waals surface area contributed by atoms with Crippen LogP contribution < -0.4 is 10.6 Å². The lowest BCUT2D eigenvalue weighted by Gasteiger charge is -2.31. The van der Waals surface area contributed by atoms with Gasteiger partial charge in [-0.1, -0.05) is 31.0 Å². The third-order valence-electron chi connectivity index (χ3n) is 5.54. The summed E-state index contributed by atoms with van der Waals surface area (Å²) in [5.74, 6) is 1.98. The fourth-order valence-electron chi connectivity index (χ4n) is 4.06. The average molecular weight is 385 g/mol. The van der Waals surface area contributed by atoms with Gasteiger partial charge in [0.25, 0.3) is 0 Å². The monoisotopic (exact) mass is 384 g/mol. The van der Waals surface area contributed by atoms with Crippen molar-refractivity contribution in [1.29, 1.82) is 0 Å². The third kappa shape index (κ3) is 4.46. The molecule has 144 valence electrons. The van der Waals surface area contributed by atoms with Crippen molar-refractivity contribution in [2.75, 3.05) is 13.6 Å². The van der Waals surface area contributed by atoms with Crippen LogP contribution in [0.4, 0.5) is 0 Å². The molecule has 7 heteroatoms. The van der Waals surface area contributed by atoms with E-state index in [1.54, 1.807) is 6.33 Å². The van der Waals surface area contributed by atoms with Gasteiger partial charge in [0.1, 0.15) is 12.2 Å². The van der Waals surface area contributed by atoms with E-state index in [0.29, 0.717) is 6.04 Å². The molecule has 1 aromatic heterocycles. The summed E-state index contributed by atoms with van der Waals surface area (Å²) in [4.78, 5) is 10.1. The van der Waals surface area contributed by atoms with Crippen LogP contribution in [0.3, 0.4) is 0 Å². The predicted molar refractivity (Wildman–Crippen MR) is 110 cm³/mol. The van der Waals surface area contributed by atoms with Crippen LogP contribution in [-0.2, 0) is 13.0 Å². The van der Waals surface area contributed by atoms with Gasteiger partial charge in [0.2, 0.25) is 0 Å². The van der Waals surface area contributed by atoms with Crippen LogP contribution in [-0.4, -0.2) is 45.1 Å². The normalized spacial score (nSPS) is 21.7. The molecule has 1 unspecified atom stereocenters. The van der Waals surface area contributed by atoms with E-state index in [2.05, 4.69) is 56.0 Å². The highest BCUT2D eigenvalue weighted by Gasteiger charge is 2.35. The molecule has 1 atom stereocenters. The van der Waals surface area contributed by atoms with Gasteiger partial charge >= 0.3 is 0 Å². The van der Waals surface area contributed by atoms with Crippen molar-refractivity contribution in [2.24, 2.45) is 4.99 Å². The van der Waals surface area contributed by atoms with E-state index in [-0.39, 0.29) is 4.75 Å². The fraction of sp³-hybridized carbons (Fsp3) is 0.550. The first kappa shape index (κ1) is 18.3. The Hall–Kier alpha value is -2.02. The van der Waals surface area contributed by atoms with Gasteiger partial charge in [0.05, 0.1) is 6.54 Å². The number of aromatic nitrogens is 3. The highest BCUT2D eigenvalue weighted by Crippen LogP contribution is 2.44. The van der Waals surface area contributed by atoms with Gasteiger partial charge in [-0.2, -0.15) is 5.10 Å². The van der Waals surface area contributed by atoms with Crippen LogP contribution in [0.2, 0.25) is 0 Å². The minimum Gasteiger partial charge on any atom is -0.355 e. The van der Waals surface area contributed by atoms with Gasteiger partial charge in [0.15, 0.2) is 5.96 Å². The fourth-order valence-corrected chi connectivity index (χ4v) is 5.49. The van der Waals surface area contributed by atoms with E-state index in [0.717, 1.165) is 37.7 Å². The Morgan fingerprint density at radius 1 is 1.30 bits per heavy atom. The summed E-state index contributed by atoms with van der Waals surface area (Å²) in [7, 11) is 1.85. The van der Waals surface area contributed by atoms with E-state index in [4.69, 9.17) is 0 Å². The summed E-state index contributed by atoms with van der Waals surface area (Å²) in [5.41, 5.74) is 0. The number of thioether (sulfide) groups is 1. The van der Waals surface area contributed by atoms with Gasteiger partial charge in [0, 0.05) is 35.7 Å². The molecular formula is C20H28N6S. The Bertz CT molecular complexity index is 766. The number of hydrogen-bond donors (Lipinski definition) is 2. The zero-order valence-corrected chi connectivity index (χ0v) is 16.7. The van der Waals surface area contributed by atoms with Crippen LogP contribution in [0.1, 0.15) is 37.9 Å². The summed E-state index contributed by atoms with van der Waals surface area (Å²) < 4.78 is 2.25. The minimum absolute atomic E-state index is 0.255. The molecule has 1 aliphatic heterocycles. The number of aliphatic imine (C=N–C) groups is 1. The smallest absolute Gasteiger partial charge is 0.191 e. The summed E-state index contributed by atoms with van der Waals surface area (Å²) in [5, 5.41) is 11.5. The summed E-state index contributed by atoms with van der Waals surface area (Å²) in [6.45, 7) is 1.79. The number of hydrogen-bond acceptors (Lipinski definition) is 4. The number of guanidine groups is 1. The maximum atomic E-state index is 4.46. The second kappa shape index (κ2) is 8.33. The molecule has 2 N–H and O–H groups in total. The van der Waals surface area contributed by atoms with Crippen molar-refractivity contribution in [1.82, 2.24) is 25.4 Å². The van der Waals surface area contributed by atoms with Crippen molar-refractivity contribution in [3.8, 4) is 0 Å². The third-order valence-corrected chi connectivity index (χ3v) is 7.03. The summed E-state index contributed by atoms with van der Waals surface area (Å²) in [6, 6.07) is 11.1. The molecule has 2 heterocycles. The number of nitrogens with one attached hydrogen (secondary N) is 2. The number of benzene rings is 1. The zero-order chi connectivity index (χ0) is 18.5. The lowest BCUT2D eigenvalue weighted by molar-refractivity contribution is 0.392. The van der Waals surface area contributed by atoms with Gasteiger partial charge in [-0.05, 0) is 31.4 Å². The van der Waals surface area contributed by atoms with Crippen molar-refractivity contribution >= 4 is 17.7 Å². The Morgan fingerprint density at radius 2 is 2.11 bits per heavy atom. The molecular weight excluding hydrogens is 356 g/mol. The van der Waals surface area contributed by atoms with E-state index < -0.39 is 0 Å². The van der Waals surface area contributed by atoms with Gasteiger partial charge < -0.3 is 10.6 Å². The number of fused-ring (bicyclic) bond motifs is 1. The zero-order valence-electron chi connectivity index (χ0n) is 15.9. The maximum absolute atomic E-state index is 4.46. The molecule has 2 aromatic rings. The standard InChI is InChI=1S/C20H28N6S/c1-21-19(25-16-9-10-18-23-15-24-26(18)13-16)22-14-20(11-5-6-12-20)27-17-7-3-2-4-8-17/h2-4,7-8,15-16H,5-6,9-14H2,1H3,(H2,21,22,25). The highest BCUT2D eigenvalue weighted by molar-refractivity contribution is 8.00. The molecule has 0 radical (unpaired) electrons. The first-order valence-electron chi connectivity index (χ1n) is 9.84. The molecule has 27 heavy (non-hydrogen) atoms. The van der Waals surface area contributed by atoms with E-state index in [9.17, 15) is 0 Å². The minimum atomic E-state index is 0.255.